The molecular weight excluding hydrogens is 243 g/mol. The van der Waals surface area contributed by atoms with Crippen LogP contribution in [-0.4, -0.2) is 5.78 Å². The first kappa shape index (κ1) is 9.83. The van der Waals surface area contributed by atoms with Gasteiger partial charge in [0.2, 0.25) is 5.78 Å². The molecule has 0 aliphatic rings. The first-order valence-electron chi connectivity index (χ1n) is 3.71. The molecular formula is C9H4ClFOS2. The van der Waals surface area contributed by atoms with Crippen molar-refractivity contribution < 1.29 is 9.18 Å². The standard InChI is InChI=1S/C9H4ClFOS2/c10-7-2-1-6(14-7)8(12)9-5(11)3-4-13-9/h1-4H. The monoisotopic (exact) mass is 246 g/mol. The van der Waals surface area contributed by atoms with E-state index in [9.17, 15) is 9.18 Å². The van der Waals surface area contributed by atoms with Crippen LogP contribution in [0.25, 0.3) is 0 Å². The number of halogens is 2. The van der Waals surface area contributed by atoms with E-state index in [-0.39, 0.29) is 10.7 Å². The predicted octanol–water partition coefficient (Wildman–Crippen LogP) is 3.83. The summed E-state index contributed by atoms with van der Waals surface area (Å²) in [6.07, 6.45) is 0. The van der Waals surface area contributed by atoms with E-state index in [1.54, 1.807) is 17.5 Å². The number of carbonyl (C=O) groups is 1. The molecule has 0 aliphatic heterocycles. The molecule has 1 nitrogen and oxygen atoms in total. The van der Waals surface area contributed by atoms with Gasteiger partial charge in [0.05, 0.1) is 9.21 Å². The van der Waals surface area contributed by atoms with Crippen LogP contribution in [-0.2, 0) is 0 Å². The first-order chi connectivity index (χ1) is 6.68. The van der Waals surface area contributed by atoms with E-state index in [0.29, 0.717) is 9.21 Å². The van der Waals surface area contributed by atoms with Crippen LogP contribution >= 0.6 is 34.3 Å². The summed E-state index contributed by atoms with van der Waals surface area (Å²) in [5.41, 5.74) is 0. The second kappa shape index (κ2) is 3.81. The Bertz CT molecular complexity index is 475. The third kappa shape index (κ3) is 1.73. The Labute approximate surface area is 92.8 Å². The van der Waals surface area contributed by atoms with Crippen LogP contribution in [0.15, 0.2) is 23.6 Å². The van der Waals surface area contributed by atoms with Gasteiger partial charge in [-0.1, -0.05) is 11.6 Å². The van der Waals surface area contributed by atoms with Crippen molar-refractivity contribution in [1.29, 1.82) is 0 Å². The lowest BCUT2D eigenvalue weighted by Gasteiger charge is -1.92. The molecule has 0 spiro atoms. The summed E-state index contributed by atoms with van der Waals surface area (Å²) in [4.78, 5) is 12.3. The van der Waals surface area contributed by atoms with Gasteiger partial charge in [0.15, 0.2) is 0 Å². The third-order valence-electron chi connectivity index (χ3n) is 1.62. The summed E-state index contributed by atoms with van der Waals surface area (Å²) in [6.45, 7) is 0. The molecule has 0 aromatic carbocycles. The maximum Gasteiger partial charge on any atom is 0.215 e. The van der Waals surface area contributed by atoms with Crippen molar-refractivity contribution in [2.75, 3.05) is 0 Å². The van der Waals surface area contributed by atoms with Gasteiger partial charge in [-0.15, -0.1) is 22.7 Å². The summed E-state index contributed by atoms with van der Waals surface area (Å²) in [5, 5.41) is 1.55. The second-order valence-electron chi connectivity index (χ2n) is 2.53. The van der Waals surface area contributed by atoms with E-state index >= 15 is 0 Å². The molecule has 14 heavy (non-hydrogen) atoms. The molecule has 72 valence electrons. The normalized spacial score (nSPS) is 10.4. The molecule has 2 aromatic rings. The quantitative estimate of drug-likeness (QED) is 0.736. The fourth-order valence-electron chi connectivity index (χ4n) is 1.00. The van der Waals surface area contributed by atoms with Crippen LogP contribution in [0.4, 0.5) is 4.39 Å². The summed E-state index contributed by atoms with van der Waals surface area (Å²) in [5.74, 6) is -0.765. The number of hydrogen-bond acceptors (Lipinski definition) is 3. The highest BCUT2D eigenvalue weighted by atomic mass is 35.5. The molecule has 2 heterocycles. The number of thiophene rings is 2. The zero-order chi connectivity index (χ0) is 10.1. The first-order valence-corrected chi connectivity index (χ1v) is 5.79. The molecule has 0 saturated carbocycles. The molecule has 0 N–H and O–H groups in total. The Morgan fingerprint density at radius 3 is 2.64 bits per heavy atom. The zero-order valence-electron chi connectivity index (χ0n) is 6.79. The third-order valence-corrected chi connectivity index (χ3v) is 3.74. The largest absolute Gasteiger partial charge is 0.287 e. The number of carbonyl (C=O) groups excluding carboxylic acids is 1. The van der Waals surface area contributed by atoms with Gasteiger partial charge in [-0.2, -0.15) is 0 Å². The Morgan fingerprint density at radius 1 is 1.36 bits per heavy atom. The van der Waals surface area contributed by atoms with E-state index in [2.05, 4.69) is 0 Å². The second-order valence-corrected chi connectivity index (χ2v) is 5.16. The van der Waals surface area contributed by atoms with E-state index in [1.807, 2.05) is 0 Å². The highest BCUT2D eigenvalue weighted by Crippen LogP contribution is 2.26. The molecule has 0 aliphatic carbocycles. The van der Waals surface area contributed by atoms with Crippen molar-refractivity contribution in [3.05, 3.63) is 43.5 Å². The maximum absolute atomic E-state index is 13.1. The van der Waals surface area contributed by atoms with E-state index in [1.165, 1.54) is 6.07 Å². The number of rotatable bonds is 2. The molecule has 0 unspecified atom stereocenters. The fourth-order valence-corrected chi connectivity index (χ4v) is 2.78. The van der Waals surface area contributed by atoms with Crippen molar-refractivity contribution in [3.63, 3.8) is 0 Å². The highest BCUT2D eigenvalue weighted by Gasteiger charge is 2.16. The van der Waals surface area contributed by atoms with Crippen LogP contribution in [0.1, 0.15) is 14.5 Å². The van der Waals surface area contributed by atoms with E-state index in [4.69, 9.17) is 11.6 Å². The van der Waals surface area contributed by atoms with Crippen LogP contribution in [0.5, 0.6) is 0 Å². The van der Waals surface area contributed by atoms with Crippen molar-refractivity contribution in [2.24, 2.45) is 0 Å². The van der Waals surface area contributed by atoms with Gasteiger partial charge in [-0.25, -0.2) is 4.39 Å². The van der Waals surface area contributed by atoms with Crippen molar-refractivity contribution in [3.8, 4) is 0 Å². The highest BCUT2D eigenvalue weighted by molar-refractivity contribution is 7.19. The van der Waals surface area contributed by atoms with Gasteiger partial charge in [-0.05, 0) is 23.6 Å². The van der Waals surface area contributed by atoms with E-state index in [0.717, 1.165) is 22.7 Å². The van der Waals surface area contributed by atoms with Crippen molar-refractivity contribution in [1.82, 2.24) is 0 Å². The Hall–Kier alpha value is -0.710. The van der Waals surface area contributed by atoms with Crippen molar-refractivity contribution >= 4 is 40.1 Å². The zero-order valence-corrected chi connectivity index (χ0v) is 9.18. The lowest BCUT2D eigenvalue weighted by Crippen LogP contribution is -1.97. The molecule has 0 fully saturated rings. The molecule has 2 aromatic heterocycles. The Kier molecular flexibility index (Phi) is 2.67. The van der Waals surface area contributed by atoms with Crippen LogP contribution in [0, 0.1) is 5.82 Å². The topological polar surface area (TPSA) is 17.1 Å². The summed E-state index contributed by atoms with van der Waals surface area (Å²) in [6, 6.07) is 4.52. The van der Waals surface area contributed by atoms with Gasteiger partial charge in [0.1, 0.15) is 10.7 Å². The summed E-state index contributed by atoms with van der Waals surface area (Å²) in [7, 11) is 0. The van der Waals surface area contributed by atoms with Gasteiger partial charge < -0.3 is 0 Å². The minimum Gasteiger partial charge on any atom is -0.287 e. The summed E-state index contributed by atoms with van der Waals surface area (Å²) < 4.78 is 13.6. The predicted molar refractivity (Wildman–Crippen MR) is 57.0 cm³/mol. The molecule has 2 rings (SSSR count). The van der Waals surface area contributed by atoms with Crippen LogP contribution in [0.3, 0.4) is 0 Å². The maximum atomic E-state index is 13.1. The SMILES string of the molecule is O=C(c1ccc(Cl)s1)c1sccc1F. The molecule has 0 radical (unpaired) electrons. The van der Waals surface area contributed by atoms with E-state index < -0.39 is 5.82 Å². The molecule has 5 heteroatoms. The molecule has 0 bridgehead atoms. The average Bonchev–Trinajstić information content (AvgIpc) is 2.73. The molecule has 0 atom stereocenters. The average molecular weight is 247 g/mol. The van der Waals surface area contributed by atoms with Crippen molar-refractivity contribution in [2.45, 2.75) is 0 Å². The van der Waals surface area contributed by atoms with Gasteiger partial charge in [0.25, 0.3) is 0 Å². The lowest BCUT2D eigenvalue weighted by molar-refractivity contribution is 0.104. The fraction of sp³-hybridized carbons (Fsp3) is 0. The van der Waals surface area contributed by atoms with Crippen LogP contribution in [0.2, 0.25) is 4.34 Å². The number of ketones is 1. The van der Waals surface area contributed by atoms with Crippen LogP contribution < -0.4 is 0 Å². The molecule has 0 amide bonds. The smallest absolute Gasteiger partial charge is 0.215 e. The van der Waals surface area contributed by atoms with Gasteiger partial charge in [0, 0.05) is 0 Å². The Balaban J connectivity index is 2.38. The molecule has 0 saturated heterocycles. The van der Waals surface area contributed by atoms with Gasteiger partial charge >= 0.3 is 0 Å². The summed E-state index contributed by atoms with van der Waals surface area (Å²) >= 11 is 7.94. The number of hydrogen-bond donors (Lipinski definition) is 0. The lowest BCUT2D eigenvalue weighted by atomic mass is 10.2. The van der Waals surface area contributed by atoms with Gasteiger partial charge in [-0.3, -0.25) is 4.79 Å². The minimum atomic E-state index is -0.468. The minimum absolute atomic E-state index is 0.142. The Morgan fingerprint density at radius 2 is 2.14 bits per heavy atom.